The molecular formula is C16H18BrFN2O3S. The minimum absolute atomic E-state index is 0.0393. The lowest BCUT2D eigenvalue weighted by Crippen LogP contribution is -2.25. The Hall–Kier alpha value is -1.67. The summed E-state index contributed by atoms with van der Waals surface area (Å²) in [4.78, 5) is 15.1. The maximum Gasteiger partial charge on any atom is 0.404 e. The highest BCUT2D eigenvalue weighted by atomic mass is 79.9. The SMILES string of the molecule is CCCCc1nc2ccc(OC/C(=C/F)CNC(=O)O)c(Br)c2s1. The van der Waals surface area contributed by atoms with Crippen molar-refractivity contribution in [1.82, 2.24) is 10.3 Å². The van der Waals surface area contributed by atoms with Crippen molar-refractivity contribution in [3.05, 3.63) is 33.5 Å². The molecule has 2 N–H and O–H groups in total. The summed E-state index contributed by atoms with van der Waals surface area (Å²) in [5.74, 6) is 0.572. The van der Waals surface area contributed by atoms with Crippen LogP contribution in [0.4, 0.5) is 9.18 Å². The third-order valence-electron chi connectivity index (χ3n) is 3.28. The number of aryl methyl sites for hydroxylation is 1. The van der Waals surface area contributed by atoms with Crippen LogP contribution in [0.1, 0.15) is 24.8 Å². The van der Waals surface area contributed by atoms with E-state index in [0.29, 0.717) is 12.1 Å². The van der Waals surface area contributed by atoms with Gasteiger partial charge in [0, 0.05) is 12.1 Å². The number of carbonyl (C=O) groups is 1. The van der Waals surface area contributed by atoms with Crippen LogP contribution in [-0.4, -0.2) is 29.3 Å². The summed E-state index contributed by atoms with van der Waals surface area (Å²) in [6.45, 7) is 1.99. The Morgan fingerprint density at radius 3 is 3.00 bits per heavy atom. The molecule has 1 amide bonds. The summed E-state index contributed by atoms with van der Waals surface area (Å²) in [6.07, 6.45) is 2.32. The molecule has 1 aromatic heterocycles. The van der Waals surface area contributed by atoms with Crippen molar-refractivity contribution in [2.45, 2.75) is 26.2 Å². The lowest BCUT2D eigenvalue weighted by atomic mass is 10.2. The maximum atomic E-state index is 12.8. The van der Waals surface area contributed by atoms with E-state index < -0.39 is 6.09 Å². The van der Waals surface area contributed by atoms with Gasteiger partial charge in [-0.1, -0.05) is 13.3 Å². The number of nitrogens with zero attached hydrogens (tertiary/aromatic N) is 1. The van der Waals surface area contributed by atoms with Crippen molar-refractivity contribution in [2.24, 2.45) is 0 Å². The summed E-state index contributed by atoms with van der Waals surface area (Å²) in [6, 6.07) is 3.64. The van der Waals surface area contributed by atoms with Gasteiger partial charge in [-0.2, -0.15) is 0 Å². The van der Waals surface area contributed by atoms with E-state index in [2.05, 4.69) is 33.2 Å². The van der Waals surface area contributed by atoms with E-state index in [1.165, 1.54) is 0 Å². The summed E-state index contributed by atoms with van der Waals surface area (Å²) >= 11 is 5.14. The Balaban J connectivity index is 2.09. The molecule has 1 aromatic carbocycles. The third kappa shape index (κ3) is 4.91. The van der Waals surface area contributed by atoms with Crippen LogP contribution in [0.5, 0.6) is 5.75 Å². The van der Waals surface area contributed by atoms with Crippen LogP contribution >= 0.6 is 27.3 Å². The molecule has 24 heavy (non-hydrogen) atoms. The standard InChI is InChI=1S/C16H18BrFN2O3S/c1-2-3-4-13-20-11-5-6-12(14(17)15(11)24-13)23-9-10(7-18)8-19-16(21)22/h5-7,19H,2-4,8-9H2,1H3,(H,21,22)/b10-7+. The highest BCUT2D eigenvalue weighted by Crippen LogP contribution is 2.37. The Bertz CT molecular complexity index is 748. The van der Waals surface area contributed by atoms with Gasteiger partial charge >= 0.3 is 6.09 Å². The molecule has 1 heterocycles. The highest BCUT2D eigenvalue weighted by Gasteiger charge is 2.12. The molecule has 5 nitrogen and oxygen atoms in total. The van der Waals surface area contributed by atoms with Crippen LogP contribution < -0.4 is 10.1 Å². The van der Waals surface area contributed by atoms with Gasteiger partial charge in [-0.05, 0) is 40.9 Å². The Morgan fingerprint density at radius 1 is 1.54 bits per heavy atom. The first-order chi connectivity index (χ1) is 11.5. The van der Waals surface area contributed by atoms with E-state index in [0.717, 1.165) is 39.0 Å². The number of rotatable bonds is 8. The molecule has 0 bridgehead atoms. The molecule has 2 aromatic rings. The third-order valence-corrected chi connectivity index (χ3v) is 5.48. The molecule has 0 unspecified atom stereocenters. The zero-order valence-electron chi connectivity index (χ0n) is 13.1. The van der Waals surface area contributed by atoms with Crippen molar-refractivity contribution in [1.29, 1.82) is 0 Å². The second-order valence-electron chi connectivity index (χ2n) is 5.15. The van der Waals surface area contributed by atoms with E-state index >= 15 is 0 Å². The first-order valence-electron chi connectivity index (χ1n) is 7.50. The van der Waals surface area contributed by atoms with Crippen molar-refractivity contribution in [3.8, 4) is 5.75 Å². The number of aromatic nitrogens is 1. The second-order valence-corrected chi connectivity index (χ2v) is 7.03. The van der Waals surface area contributed by atoms with Crippen molar-refractivity contribution >= 4 is 43.6 Å². The lowest BCUT2D eigenvalue weighted by Gasteiger charge is -2.10. The van der Waals surface area contributed by atoms with Gasteiger partial charge in [0.2, 0.25) is 0 Å². The van der Waals surface area contributed by atoms with Crippen LogP contribution in [0, 0.1) is 0 Å². The largest absolute Gasteiger partial charge is 0.488 e. The van der Waals surface area contributed by atoms with Crippen LogP contribution in [0.15, 0.2) is 28.5 Å². The molecule has 0 spiro atoms. The quantitative estimate of drug-likeness (QED) is 0.641. The average Bonchev–Trinajstić information content (AvgIpc) is 2.98. The number of halogens is 2. The van der Waals surface area contributed by atoms with E-state index in [4.69, 9.17) is 9.84 Å². The van der Waals surface area contributed by atoms with Crippen molar-refractivity contribution in [3.63, 3.8) is 0 Å². The summed E-state index contributed by atoms with van der Waals surface area (Å²) in [7, 11) is 0. The van der Waals surface area contributed by atoms with Crippen LogP contribution in [0.2, 0.25) is 0 Å². The van der Waals surface area contributed by atoms with Gasteiger partial charge in [0.1, 0.15) is 12.4 Å². The number of hydrogen-bond acceptors (Lipinski definition) is 4. The topological polar surface area (TPSA) is 71.5 Å². The second kappa shape index (κ2) is 8.98. The van der Waals surface area contributed by atoms with Crippen LogP contribution in [0.25, 0.3) is 10.2 Å². The predicted molar refractivity (Wildman–Crippen MR) is 96.6 cm³/mol. The zero-order valence-corrected chi connectivity index (χ0v) is 15.5. The number of amides is 1. The van der Waals surface area contributed by atoms with Gasteiger partial charge in [0.15, 0.2) is 0 Å². The molecule has 0 aliphatic carbocycles. The van der Waals surface area contributed by atoms with Crippen LogP contribution in [-0.2, 0) is 6.42 Å². The van der Waals surface area contributed by atoms with Crippen molar-refractivity contribution in [2.75, 3.05) is 13.2 Å². The molecule has 0 saturated heterocycles. The number of hydrogen-bond donors (Lipinski definition) is 2. The molecule has 0 saturated carbocycles. The summed E-state index contributed by atoms with van der Waals surface area (Å²) in [5.41, 5.74) is 1.11. The zero-order chi connectivity index (χ0) is 17.5. The number of carboxylic acid groups (broad SMARTS) is 1. The monoisotopic (exact) mass is 416 g/mol. The fraction of sp³-hybridized carbons (Fsp3) is 0.375. The van der Waals surface area contributed by atoms with Gasteiger partial charge < -0.3 is 15.2 Å². The number of unbranched alkanes of at least 4 members (excludes halogenated alkanes) is 1. The molecule has 0 radical (unpaired) electrons. The number of benzene rings is 1. The molecule has 130 valence electrons. The van der Waals surface area contributed by atoms with E-state index in [9.17, 15) is 9.18 Å². The maximum absolute atomic E-state index is 12.8. The smallest absolute Gasteiger partial charge is 0.404 e. The normalized spacial score (nSPS) is 11.7. The molecular weight excluding hydrogens is 399 g/mol. The minimum Gasteiger partial charge on any atom is -0.488 e. The first-order valence-corrected chi connectivity index (χ1v) is 9.11. The first kappa shape index (κ1) is 18.7. The number of nitrogens with one attached hydrogen (secondary N) is 1. The summed E-state index contributed by atoms with van der Waals surface area (Å²) < 4.78 is 20.2. The Kier molecular flexibility index (Phi) is 6.99. The Labute approximate surface area is 151 Å². The van der Waals surface area contributed by atoms with Gasteiger partial charge in [0.05, 0.1) is 26.0 Å². The predicted octanol–water partition coefficient (Wildman–Crippen LogP) is 4.90. The average molecular weight is 417 g/mol. The molecule has 0 fully saturated rings. The molecule has 8 heteroatoms. The fourth-order valence-electron chi connectivity index (χ4n) is 2.02. The Morgan fingerprint density at radius 2 is 2.33 bits per heavy atom. The van der Waals surface area contributed by atoms with Crippen molar-refractivity contribution < 1.29 is 19.0 Å². The molecule has 0 aliphatic rings. The van der Waals surface area contributed by atoms with E-state index in [1.807, 2.05) is 6.07 Å². The highest BCUT2D eigenvalue weighted by molar-refractivity contribution is 9.10. The number of fused-ring (bicyclic) bond motifs is 1. The van der Waals surface area contributed by atoms with Gasteiger partial charge in [-0.3, -0.25) is 0 Å². The number of thiazole rings is 1. The van der Waals surface area contributed by atoms with Gasteiger partial charge in [0.25, 0.3) is 0 Å². The lowest BCUT2D eigenvalue weighted by molar-refractivity contribution is 0.195. The van der Waals surface area contributed by atoms with E-state index in [1.54, 1.807) is 17.4 Å². The minimum atomic E-state index is -1.21. The van der Waals surface area contributed by atoms with Crippen LogP contribution in [0.3, 0.4) is 0 Å². The van der Waals surface area contributed by atoms with Gasteiger partial charge in [-0.15, -0.1) is 11.3 Å². The fourth-order valence-corrected chi connectivity index (χ4v) is 3.74. The molecule has 0 aliphatic heterocycles. The van der Waals surface area contributed by atoms with E-state index in [-0.39, 0.29) is 18.7 Å². The summed E-state index contributed by atoms with van der Waals surface area (Å²) in [5, 5.41) is 11.7. The number of ether oxygens (including phenoxy) is 1. The van der Waals surface area contributed by atoms with Gasteiger partial charge in [-0.25, -0.2) is 14.2 Å². The molecule has 0 atom stereocenters. The molecule has 2 rings (SSSR count).